The molecule has 0 unspecified atom stereocenters. The minimum absolute atomic E-state index is 0.0244. The Kier molecular flexibility index (Phi) is 5.37. The quantitative estimate of drug-likeness (QED) is 0.349. The smallest absolute Gasteiger partial charge is 0.300 e. The molecule has 30 heavy (non-hydrogen) atoms. The maximum absolute atomic E-state index is 13.0. The number of benzene rings is 2. The first-order valence-electron chi connectivity index (χ1n) is 9.12. The van der Waals surface area contributed by atoms with Crippen LogP contribution in [0.4, 0.5) is 5.69 Å². The second-order valence-corrected chi connectivity index (χ2v) is 7.58. The van der Waals surface area contributed by atoms with Crippen LogP contribution in [0.15, 0.2) is 83.1 Å². The SMILES string of the molecule is COc1ccc([C@@H]2C(=C(O)c3ccc(Br)cc3)C(=O)C(=O)N2c2cccnc2)cc1. The number of methoxy groups -OCH3 is 1. The van der Waals surface area contributed by atoms with Crippen LogP contribution in [0.2, 0.25) is 0 Å². The van der Waals surface area contributed by atoms with Crippen molar-refractivity contribution in [3.05, 3.63) is 94.2 Å². The summed E-state index contributed by atoms with van der Waals surface area (Å²) in [7, 11) is 1.56. The number of aromatic nitrogens is 1. The molecule has 0 bridgehead atoms. The number of hydrogen-bond donors (Lipinski definition) is 1. The van der Waals surface area contributed by atoms with E-state index >= 15 is 0 Å². The van der Waals surface area contributed by atoms with Crippen LogP contribution in [0.1, 0.15) is 17.2 Å². The van der Waals surface area contributed by atoms with Gasteiger partial charge in [-0.15, -0.1) is 0 Å². The molecule has 0 spiro atoms. The van der Waals surface area contributed by atoms with Crippen LogP contribution in [0.3, 0.4) is 0 Å². The first-order valence-corrected chi connectivity index (χ1v) is 9.91. The number of aliphatic hydroxyl groups is 1. The van der Waals surface area contributed by atoms with Crippen molar-refractivity contribution in [2.75, 3.05) is 12.0 Å². The third-order valence-electron chi connectivity index (χ3n) is 4.92. The fraction of sp³-hybridized carbons (Fsp3) is 0.0870. The van der Waals surface area contributed by atoms with Gasteiger partial charge in [-0.3, -0.25) is 19.5 Å². The number of pyridine rings is 1. The fourth-order valence-electron chi connectivity index (χ4n) is 3.46. The van der Waals surface area contributed by atoms with Gasteiger partial charge in [-0.05, 0) is 42.0 Å². The summed E-state index contributed by atoms with van der Waals surface area (Å²) in [5.41, 5.74) is 1.60. The number of rotatable bonds is 4. The summed E-state index contributed by atoms with van der Waals surface area (Å²) in [5, 5.41) is 11.0. The Morgan fingerprint density at radius 2 is 1.77 bits per heavy atom. The van der Waals surface area contributed by atoms with Crippen molar-refractivity contribution in [3.8, 4) is 5.75 Å². The topological polar surface area (TPSA) is 79.7 Å². The zero-order chi connectivity index (χ0) is 21.3. The number of hydrogen-bond acceptors (Lipinski definition) is 5. The molecule has 0 aliphatic carbocycles. The number of ether oxygens (including phenoxy) is 1. The molecule has 0 radical (unpaired) electrons. The van der Waals surface area contributed by atoms with Gasteiger partial charge in [0.25, 0.3) is 11.7 Å². The van der Waals surface area contributed by atoms with E-state index in [-0.39, 0.29) is 11.3 Å². The largest absolute Gasteiger partial charge is 0.507 e. The molecule has 150 valence electrons. The zero-order valence-corrected chi connectivity index (χ0v) is 17.5. The van der Waals surface area contributed by atoms with Crippen LogP contribution in [0, 0.1) is 0 Å². The summed E-state index contributed by atoms with van der Waals surface area (Å²) in [4.78, 5) is 31.4. The van der Waals surface area contributed by atoms with Crippen molar-refractivity contribution in [1.82, 2.24) is 4.98 Å². The third kappa shape index (κ3) is 3.48. The summed E-state index contributed by atoms with van der Waals surface area (Å²) >= 11 is 3.36. The molecule has 7 heteroatoms. The van der Waals surface area contributed by atoms with Gasteiger partial charge in [-0.25, -0.2) is 0 Å². The van der Waals surface area contributed by atoms with Crippen molar-refractivity contribution >= 4 is 39.1 Å². The number of nitrogens with zero attached hydrogens (tertiary/aromatic N) is 2. The number of anilines is 1. The van der Waals surface area contributed by atoms with E-state index in [1.54, 1.807) is 74.0 Å². The Labute approximate surface area is 181 Å². The molecular formula is C23H17BrN2O4. The summed E-state index contributed by atoms with van der Waals surface area (Å²) in [5.74, 6) is -1.05. The van der Waals surface area contributed by atoms with E-state index in [0.717, 1.165) is 4.47 Å². The number of halogens is 1. The predicted molar refractivity (Wildman–Crippen MR) is 116 cm³/mol. The van der Waals surface area contributed by atoms with E-state index in [1.807, 2.05) is 0 Å². The summed E-state index contributed by atoms with van der Waals surface area (Å²) < 4.78 is 6.05. The highest BCUT2D eigenvalue weighted by Gasteiger charge is 2.47. The third-order valence-corrected chi connectivity index (χ3v) is 5.45. The lowest BCUT2D eigenvalue weighted by Crippen LogP contribution is -2.29. The minimum atomic E-state index is -0.802. The maximum atomic E-state index is 13.0. The number of carbonyl (C=O) groups excluding carboxylic acids is 2. The van der Waals surface area contributed by atoms with Crippen molar-refractivity contribution in [3.63, 3.8) is 0 Å². The number of Topliss-reactive ketones (excluding diaryl/α,β-unsaturated/α-hetero) is 1. The molecule has 3 aromatic rings. The van der Waals surface area contributed by atoms with Crippen LogP contribution in [0.25, 0.3) is 5.76 Å². The Balaban J connectivity index is 1.92. The molecule has 4 rings (SSSR count). The van der Waals surface area contributed by atoms with E-state index in [4.69, 9.17) is 4.74 Å². The van der Waals surface area contributed by atoms with E-state index < -0.39 is 17.7 Å². The molecule has 6 nitrogen and oxygen atoms in total. The van der Waals surface area contributed by atoms with E-state index in [1.165, 1.54) is 11.1 Å². The number of ketones is 1. The first kappa shape index (κ1) is 19.8. The normalized spacial score (nSPS) is 17.9. The molecule has 1 atom stereocenters. The van der Waals surface area contributed by atoms with Gasteiger partial charge in [-0.2, -0.15) is 0 Å². The molecular weight excluding hydrogens is 448 g/mol. The highest BCUT2D eigenvalue weighted by molar-refractivity contribution is 9.10. The van der Waals surface area contributed by atoms with Crippen LogP contribution in [-0.2, 0) is 9.59 Å². The second-order valence-electron chi connectivity index (χ2n) is 6.66. The molecule has 1 fully saturated rings. The Morgan fingerprint density at radius 3 is 2.37 bits per heavy atom. The van der Waals surface area contributed by atoms with Crippen LogP contribution >= 0.6 is 15.9 Å². The Bertz CT molecular complexity index is 1130. The summed E-state index contributed by atoms with van der Waals surface area (Å²) in [6.07, 6.45) is 3.10. The molecule has 2 heterocycles. The van der Waals surface area contributed by atoms with Gasteiger partial charge >= 0.3 is 0 Å². The van der Waals surface area contributed by atoms with Gasteiger partial charge < -0.3 is 9.84 Å². The Hall–Kier alpha value is -3.45. The van der Waals surface area contributed by atoms with E-state index in [0.29, 0.717) is 22.6 Å². The van der Waals surface area contributed by atoms with Crippen LogP contribution in [0.5, 0.6) is 5.75 Å². The van der Waals surface area contributed by atoms with Crippen molar-refractivity contribution < 1.29 is 19.4 Å². The van der Waals surface area contributed by atoms with Crippen molar-refractivity contribution in [2.45, 2.75) is 6.04 Å². The predicted octanol–water partition coefficient (Wildman–Crippen LogP) is 4.48. The lowest BCUT2D eigenvalue weighted by molar-refractivity contribution is -0.132. The summed E-state index contributed by atoms with van der Waals surface area (Å²) in [6, 6.07) is 16.5. The highest BCUT2D eigenvalue weighted by atomic mass is 79.9. The minimum Gasteiger partial charge on any atom is -0.507 e. The average Bonchev–Trinajstić information content (AvgIpc) is 3.05. The van der Waals surface area contributed by atoms with Gasteiger partial charge in [0.05, 0.1) is 30.6 Å². The van der Waals surface area contributed by atoms with Gasteiger partial charge in [0, 0.05) is 16.2 Å². The van der Waals surface area contributed by atoms with Gasteiger partial charge in [0.1, 0.15) is 11.5 Å². The number of aliphatic hydroxyl groups excluding tert-OH is 1. The molecule has 1 amide bonds. The molecule has 1 aliphatic rings. The van der Waals surface area contributed by atoms with Gasteiger partial charge in [0.2, 0.25) is 0 Å². The molecule has 1 aliphatic heterocycles. The first-order chi connectivity index (χ1) is 14.5. The maximum Gasteiger partial charge on any atom is 0.300 e. The molecule has 0 saturated carbocycles. The Morgan fingerprint density at radius 1 is 1.07 bits per heavy atom. The zero-order valence-electron chi connectivity index (χ0n) is 15.9. The van der Waals surface area contributed by atoms with Crippen LogP contribution < -0.4 is 9.64 Å². The van der Waals surface area contributed by atoms with Gasteiger partial charge in [0.15, 0.2) is 0 Å². The molecule has 2 aromatic carbocycles. The molecule has 1 saturated heterocycles. The van der Waals surface area contributed by atoms with Crippen molar-refractivity contribution in [2.24, 2.45) is 0 Å². The second kappa shape index (κ2) is 8.12. The number of amides is 1. The van der Waals surface area contributed by atoms with Crippen molar-refractivity contribution in [1.29, 1.82) is 0 Å². The lowest BCUT2D eigenvalue weighted by atomic mass is 9.95. The summed E-state index contributed by atoms with van der Waals surface area (Å²) in [6.45, 7) is 0. The molecule has 1 aromatic heterocycles. The van der Waals surface area contributed by atoms with Gasteiger partial charge in [-0.1, -0.05) is 40.2 Å². The molecule has 1 N–H and O–H groups in total. The fourth-order valence-corrected chi connectivity index (χ4v) is 3.72. The number of carbonyl (C=O) groups is 2. The van der Waals surface area contributed by atoms with E-state index in [2.05, 4.69) is 20.9 Å². The average molecular weight is 465 g/mol. The van der Waals surface area contributed by atoms with E-state index in [9.17, 15) is 14.7 Å². The highest BCUT2D eigenvalue weighted by Crippen LogP contribution is 2.42. The van der Waals surface area contributed by atoms with Crippen LogP contribution in [-0.4, -0.2) is 28.9 Å². The lowest BCUT2D eigenvalue weighted by Gasteiger charge is -2.25. The monoisotopic (exact) mass is 464 g/mol. The standard InChI is InChI=1S/C23H17BrN2O4/c1-30-18-10-6-14(7-11-18)20-19(21(27)15-4-8-16(24)9-5-15)22(28)23(29)26(20)17-3-2-12-25-13-17/h2-13,20,27H,1H3/t20-/m1/s1.